The van der Waals surface area contributed by atoms with Gasteiger partial charge in [0.25, 0.3) is 11.8 Å². The number of amides is 5. The molecule has 15 nitrogen and oxygen atoms in total. The van der Waals surface area contributed by atoms with E-state index in [1.807, 2.05) is 46.2 Å². The number of aryl methyl sites for hydroxylation is 2. The van der Waals surface area contributed by atoms with Crippen molar-refractivity contribution in [1.29, 1.82) is 0 Å². The zero-order valence-corrected chi connectivity index (χ0v) is 33.4. The van der Waals surface area contributed by atoms with Gasteiger partial charge in [-0.15, -0.1) is 0 Å². The fourth-order valence-corrected chi connectivity index (χ4v) is 8.35. The van der Waals surface area contributed by atoms with E-state index < -0.39 is 18.2 Å². The third kappa shape index (κ3) is 9.46. The molecule has 0 saturated carbocycles. The Hall–Kier alpha value is -5.86. The van der Waals surface area contributed by atoms with Crippen LogP contribution in [-0.4, -0.2) is 137 Å². The van der Waals surface area contributed by atoms with Gasteiger partial charge in [0.2, 0.25) is 0 Å². The summed E-state index contributed by atoms with van der Waals surface area (Å²) in [5.74, 6) is -0.290. The van der Waals surface area contributed by atoms with Crippen molar-refractivity contribution in [3.63, 3.8) is 0 Å². The van der Waals surface area contributed by atoms with E-state index in [9.17, 15) is 29.1 Å². The average molecular weight is 796 g/mol. The lowest BCUT2D eigenvalue weighted by atomic mass is 10.0. The lowest BCUT2D eigenvalue weighted by molar-refractivity contribution is -0.141. The van der Waals surface area contributed by atoms with Gasteiger partial charge in [-0.2, -0.15) is 0 Å². The number of para-hydroxylation sites is 1. The van der Waals surface area contributed by atoms with Crippen LogP contribution in [0.2, 0.25) is 0 Å². The summed E-state index contributed by atoms with van der Waals surface area (Å²) >= 11 is 0. The third-order valence-corrected chi connectivity index (χ3v) is 11.7. The number of aromatic hydroxyl groups is 1. The number of rotatable bonds is 9. The predicted octanol–water partition coefficient (Wildman–Crippen LogP) is 4.52. The number of urea groups is 1. The Labute approximate surface area is 338 Å². The van der Waals surface area contributed by atoms with Gasteiger partial charge in [-0.1, -0.05) is 30.3 Å². The van der Waals surface area contributed by atoms with Gasteiger partial charge in [0.1, 0.15) is 11.6 Å². The van der Waals surface area contributed by atoms with Crippen LogP contribution in [0.1, 0.15) is 64.7 Å². The number of pyridine rings is 1. The highest BCUT2D eigenvalue weighted by molar-refractivity contribution is 5.92. The van der Waals surface area contributed by atoms with E-state index in [1.54, 1.807) is 40.7 Å². The fraction of sp³-hybridized carbons (Fsp3) is 0.488. The van der Waals surface area contributed by atoms with Crippen LogP contribution in [0.5, 0.6) is 5.75 Å². The SMILES string of the molecule is Cc1cc(C[C@@H](OC(=O)N2CCC(N3CCc4ccccc4NC3=O)CC2)C(=O)N2CCN(c3ccc(C(=O)OCC(=O)N4CCCCC4)cn3)CC2)cc(C)c1O. The number of phenols is 1. The third-order valence-electron chi connectivity index (χ3n) is 11.7. The summed E-state index contributed by atoms with van der Waals surface area (Å²) in [4.78, 5) is 79.5. The number of ether oxygens (including phenoxy) is 2. The molecule has 0 radical (unpaired) electrons. The van der Waals surface area contributed by atoms with E-state index in [0.29, 0.717) is 88.7 Å². The van der Waals surface area contributed by atoms with E-state index >= 15 is 0 Å². The number of nitrogens with zero attached hydrogens (tertiary/aromatic N) is 6. The van der Waals surface area contributed by atoms with Crippen molar-refractivity contribution in [3.8, 4) is 5.75 Å². The van der Waals surface area contributed by atoms with Crippen LogP contribution >= 0.6 is 0 Å². The molecule has 5 amide bonds. The fourth-order valence-electron chi connectivity index (χ4n) is 8.35. The highest BCUT2D eigenvalue weighted by Gasteiger charge is 2.36. The second kappa shape index (κ2) is 18.2. The highest BCUT2D eigenvalue weighted by Crippen LogP contribution is 2.27. The second-order valence-corrected chi connectivity index (χ2v) is 15.6. The van der Waals surface area contributed by atoms with Crippen molar-refractivity contribution in [2.24, 2.45) is 0 Å². The molecule has 3 saturated heterocycles. The number of anilines is 2. The number of benzene rings is 2. The van der Waals surface area contributed by atoms with Crippen molar-refractivity contribution >= 4 is 41.4 Å². The standard InChI is InChI=1S/C43H53N7O8/c1-29-24-31(25-30(2)39(29)52)26-36(58-43(56)49-17-13-34(14-18-49)50-19-12-32-8-4-5-9-35(32)45-42(50)55)40(53)48-22-20-46(21-23-48)37-11-10-33(27-44-37)41(54)57-28-38(51)47-15-6-3-7-16-47/h4-5,8-11,24-25,27,34,36,52H,3,6-7,12-23,26,28H2,1-2H3,(H,45,55)/t36-/m1/s1. The van der Waals surface area contributed by atoms with Gasteiger partial charge in [-0.25, -0.2) is 19.4 Å². The molecule has 5 heterocycles. The number of carbonyl (C=O) groups excluding carboxylic acids is 5. The van der Waals surface area contributed by atoms with Crippen molar-refractivity contribution in [2.75, 3.05) is 75.7 Å². The molecule has 4 aliphatic heterocycles. The molecule has 2 N–H and O–H groups in total. The first-order chi connectivity index (χ1) is 28.0. The lowest BCUT2D eigenvalue weighted by Gasteiger charge is -2.39. The number of aromatic nitrogens is 1. The van der Waals surface area contributed by atoms with Crippen LogP contribution in [0.4, 0.5) is 21.1 Å². The summed E-state index contributed by atoms with van der Waals surface area (Å²) in [6.07, 6.45) is 4.84. The molecule has 0 spiro atoms. The number of esters is 1. The Morgan fingerprint density at radius 3 is 2.24 bits per heavy atom. The first-order valence-electron chi connectivity index (χ1n) is 20.4. The van der Waals surface area contributed by atoms with Crippen LogP contribution in [0, 0.1) is 13.8 Å². The largest absolute Gasteiger partial charge is 0.507 e. The van der Waals surface area contributed by atoms with Crippen LogP contribution in [0.25, 0.3) is 0 Å². The van der Waals surface area contributed by atoms with Gasteiger partial charge in [0.05, 0.1) is 5.56 Å². The molecule has 4 aliphatic rings. The summed E-state index contributed by atoms with van der Waals surface area (Å²) in [5, 5.41) is 13.4. The van der Waals surface area contributed by atoms with Crippen molar-refractivity contribution < 1.29 is 38.6 Å². The molecule has 2 aromatic carbocycles. The Balaban J connectivity index is 0.942. The molecule has 3 fully saturated rings. The maximum Gasteiger partial charge on any atom is 0.410 e. The van der Waals surface area contributed by atoms with Gasteiger partial charge in [-0.05, 0) is 92.8 Å². The number of carbonyl (C=O) groups is 5. The summed E-state index contributed by atoms with van der Waals surface area (Å²) in [5.41, 5.74) is 4.27. The minimum absolute atomic E-state index is 0.0328. The summed E-state index contributed by atoms with van der Waals surface area (Å²) in [6, 6.07) is 14.6. The van der Waals surface area contributed by atoms with Crippen LogP contribution in [-0.2, 0) is 31.9 Å². The molecule has 1 aromatic heterocycles. The van der Waals surface area contributed by atoms with E-state index in [0.717, 1.165) is 42.5 Å². The Bertz CT molecular complexity index is 1960. The van der Waals surface area contributed by atoms with Gasteiger partial charge in [0, 0.05) is 83.2 Å². The number of piperazine rings is 1. The number of piperidine rings is 2. The lowest BCUT2D eigenvalue weighted by Crippen LogP contribution is -2.54. The van der Waals surface area contributed by atoms with Crippen molar-refractivity contribution in [1.82, 2.24) is 24.6 Å². The number of hydrogen-bond acceptors (Lipinski definition) is 10. The van der Waals surface area contributed by atoms with Crippen LogP contribution < -0.4 is 10.2 Å². The van der Waals surface area contributed by atoms with E-state index in [1.165, 1.54) is 6.20 Å². The van der Waals surface area contributed by atoms with Crippen LogP contribution in [0.3, 0.4) is 0 Å². The Morgan fingerprint density at radius 2 is 1.55 bits per heavy atom. The monoisotopic (exact) mass is 795 g/mol. The molecular formula is C43H53N7O8. The van der Waals surface area contributed by atoms with Crippen LogP contribution in [0.15, 0.2) is 54.7 Å². The molecule has 3 aromatic rings. The normalized spacial score (nSPS) is 18.2. The smallest absolute Gasteiger partial charge is 0.410 e. The van der Waals surface area contributed by atoms with Gasteiger partial charge in [0.15, 0.2) is 12.7 Å². The Kier molecular flexibility index (Phi) is 12.6. The maximum absolute atomic E-state index is 14.2. The van der Waals surface area contributed by atoms with E-state index in [2.05, 4.69) is 10.3 Å². The number of hydrogen-bond donors (Lipinski definition) is 2. The number of phenolic OH excluding ortho intramolecular Hbond substituents is 1. The maximum atomic E-state index is 14.2. The van der Waals surface area contributed by atoms with Gasteiger partial charge >= 0.3 is 18.1 Å². The predicted molar refractivity (Wildman–Crippen MR) is 216 cm³/mol. The first-order valence-corrected chi connectivity index (χ1v) is 20.4. The quantitative estimate of drug-likeness (QED) is 0.294. The summed E-state index contributed by atoms with van der Waals surface area (Å²) < 4.78 is 11.3. The van der Waals surface area contributed by atoms with Gasteiger partial charge in [-0.3, -0.25) is 9.59 Å². The van der Waals surface area contributed by atoms with E-state index in [4.69, 9.17) is 9.47 Å². The molecule has 15 heteroatoms. The highest BCUT2D eigenvalue weighted by atomic mass is 16.6. The number of likely N-dealkylation sites (tertiary alicyclic amines) is 2. The summed E-state index contributed by atoms with van der Waals surface area (Å²) in [6.45, 7) is 7.67. The molecule has 0 aliphatic carbocycles. The van der Waals surface area contributed by atoms with Crippen molar-refractivity contribution in [3.05, 3.63) is 82.5 Å². The topological polar surface area (TPSA) is 165 Å². The molecule has 0 bridgehead atoms. The number of fused-ring (bicyclic) bond motifs is 1. The Morgan fingerprint density at radius 1 is 0.845 bits per heavy atom. The van der Waals surface area contributed by atoms with Gasteiger partial charge < -0.3 is 44.4 Å². The molecule has 0 unspecified atom stereocenters. The minimum atomic E-state index is -1.10. The minimum Gasteiger partial charge on any atom is -0.507 e. The second-order valence-electron chi connectivity index (χ2n) is 15.6. The van der Waals surface area contributed by atoms with E-state index in [-0.39, 0.29) is 48.2 Å². The molecular weight excluding hydrogens is 743 g/mol. The molecule has 1 atom stereocenters. The van der Waals surface area contributed by atoms with Crippen molar-refractivity contribution in [2.45, 2.75) is 70.9 Å². The zero-order valence-electron chi connectivity index (χ0n) is 33.4. The average Bonchev–Trinajstić information content (AvgIpc) is 3.42. The molecule has 7 rings (SSSR count). The molecule has 308 valence electrons. The first kappa shape index (κ1) is 40.3. The zero-order chi connectivity index (χ0) is 40.8. The summed E-state index contributed by atoms with van der Waals surface area (Å²) in [7, 11) is 0. The number of nitrogens with one attached hydrogen (secondary N) is 1. The molecule has 58 heavy (non-hydrogen) atoms.